The number of rotatable bonds is 8. The van der Waals surface area contributed by atoms with Gasteiger partial charge >= 0.3 is 6.03 Å². The van der Waals surface area contributed by atoms with Crippen LogP contribution in [0.1, 0.15) is 44.6 Å². The first kappa shape index (κ1) is 26.3. The Morgan fingerprint density at radius 1 is 1.11 bits per heavy atom. The van der Waals surface area contributed by atoms with Crippen LogP contribution in [0.4, 0.5) is 13.6 Å². The minimum Gasteiger partial charge on any atom is -0.331 e. The lowest BCUT2D eigenvalue weighted by Gasteiger charge is -2.41. The van der Waals surface area contributed by atoms with Crippen LogP contribution in [0.15, 0.2) is 54.7 Å². The fourth-order valence-electron chi connectivity index (χ4n) is 4.23. The minimum absolute atomic E-state index is 0.0816. The topological polar surface area (TPSA) is 67.4 Å². The number of nitrogens with two attached hydrogens (primary N) is 1. The summed E-state index contributed by atoms with van der Waals surface area (Å²) in [6.45, 7) is 7.47. The smallest absolute Gasteiger partial charge is 0.320 e. The SMILES string of the molecule is CN(C)C(=O)N(CCCN)C(c1nc(-c2cc(F)ccc2F)cn1Cc1ccccc1)C(C)(C)C. The van der Waals surface area contributed by atoms with Crippen molar-refractivity contribution in [2.75, 3.05) is 27.2 Å². The van der Waals surface area contributed by atoms with Crippen molar-refractivity contribution in [3.63, 3.8) is 0 Å². The molecule has 0 saturated heterocycles. The third-order valence-electron chi connectivity index (χ3n) is 5.82. The summed E-state index contributed by atoms with van der Waals surface area (Å²) in [5.74, 6) is -0.494. The quantitative estimate of drug-likeness (QED) is 0.473. The lowest BCUT2D eigenvalue weighted by molar-refractivity contribution is 0.0923. The molecule has 0 radical (unpaired) electrons. The molecule has 0 aliphatic carbocycles. The van der Waals surface area contributed by atoms with E-state index in [4.69, 9.17) is 10.7 Å². The molecule has 3 rings (SSSR count). The number of carbonyl (C=O) groups is 1. The molecule has 0 saturated carbocycles. The summed E-state index contributed by atoms with van der Waals surface area (Å²) in [6, 6.07) is 12.6. The van der Waals surface area contributed by atoms with Crippen molar-refractivity contribution in [2.45, 2.75) is 39.8 Å². The van der Waals surface area contributed by atoms with Gasteiger partial charge in [-0.25, -0.2) is 18.6 Å². The Bertz CT molecular complexity index is 1140. The van der Waals surface area contributed by atoms with Crippen molar-refractivity contribution in [3.8, 4) is 11.3 Å². The summed E-state index contributed by atoms with van der Waals surface area (Å²) in [7, 11) is 3.42. The first-order valence-corrected chi connectivity index (χ1v) is 11.8. The van der Waals surface area contributed by atoms with Gasteiger partial charge in [0.25, 0.3) is 0 Å². The number of urea groups is 1. The standard InChI is InChI=1S/C27H35F2N5O/c1-27(2,3)24(34(15-9-14-30)26(35)32(4)5)25-31-23(21-16-20(28)12-13-22(21)29)18-33(25)17-19-10-7-6-8-11-19/h6-8,10-13,16,18,24H,9,14-15,17,30H2,1-5H3. The van der Waals surface area contributed by atoms with Crippen molar-refractivity contribution < 1.29 is 13.6 Å². The van der Waals surface area contributed by atoms with E-state index in [-0.39, 0.29) is 11.6 Å². The van der Waals surface area contributed by atoms with E-state index in [1.807, 2.05) is 55.7 Å². The molecule has 2 aromatic carbocycles. The van der Waals surface area contributed by atoms with Crippen LogP contribution in [0.5, 0.6) is 0 Å². The van der Waals surface area contributed by atoms with E-state index in [1.165, 1.54) is 4.90 Å². The van der Waals surface area contributed by atoms with E-state index in [0.29, 0.717) is 37.6 Å². The normalized spacial score (nSPS) is 12.5. The molecule has 0 bridgehead atoms. The second-order valence-corrected chi connectivity index (χ2v) is 10.0. The van der Waals surface area contributed by atoms with Gasteiger partial charge in [0, 0.05) is 38.9 Å². The maximum atomic E-state index is 14.7. The molecule has 2 amide bonds. The second-order valence-electron chi connectivity index (χ2n) is 10.0. The predicted molar refractivity (Wildman–Crippen MR) is 135 cm³/mol. The average Bonchev–Trinajstić information content (AvgIpc) is 3.19. The first-order valence-electron chi connectivity index (χ1n) is 11.8. The molecule has 1 atom stereocenters. The van der Waals surface area contributed by atoms with Gasteiger partial charge in [-0.15, -0.1) is 0 Å². The fourth-order valence-corrected chi connectivity index (χ4v) is 4.23. The molecule has 3 aromatic rings. The van der Waals surface area contributed by atoms with Crippen molar-refractivity contribution in [1.82, 2.24) is 19.4 Å². The highest BCUT2D eigenvalue weighted by atomic mass is 19.1. The van der Waals surface area contributed by atoms with Gasteiger partial charge in [-0.3, -0.25) is 0 Å². The summed E-state index contributed by atoms with van der Waals surface area (Å²) in [5, 5.41) is 0. The summed E-state index contributed by atoms with van der Waals surface area (Å²) < 4.78 is 30.7. The zero-order valence-corrected chi connectivity index (χ0v) is 21.1. The van der Waals surface area contributed by atoms with E-state index in [9.17, 15) is 13.6 Å². The van der Waals surface area contributed by atoms with Crippen LogP contribution in [-0.2, 0) is 6.54 Å². The van der Waals surface area contributed by atoms with Crippen LogP contribution in [-0.4, -0.2) is 52.6 Å². The highest BCUT2D eigenvalue weighted by Crippen LogP contribution is 2.39. The number of carbonyl (C=O) groups excluding carboxylic acids is 1. The highest BCUT2D eigenvalue weighted by molar-refractivity contribution is 5.74. The molecule has 1 aromatic heterocycles. The van der Waals surface area contributed by atoms with Crippen LogP contribution in [0.25, 0.3) is 11.3 Å². The largest absolute Gasteiger partial charge is 0.331 e. The van der Waals surface area contributed by atoms with Crippen LogP contribution in [0.3, 0.4) is 0 Å². The third kappa shape index (κ3) is 6.25. The number of nitrogens with zero attached hydrogens (tertiary/aromatic N) is 4. The van der Waals surface area contributed by atoms with Crippen molar-refractivity contribution in [3.05, 3.63) is 77.8 Å². The lowest BCUT2D eigenvalue weighted by Crippen LogP contribution is -2.47. The molecule has 1 unspecified atom stereocenters. The maximum absolute atomic E-state index is 14.7. The monoisotopic (exact) mass is 483 g/mol. The summed E-state index contributed by atoms with van der Waals surface area (Å²) in [6.07, 6.45) is 2.36. The number of hydrogen-bond donors (Lipinski definition) is 1. The molecular formula is C27H35F2N5O. The third-order valence-corrected chi connectivity index (χ3v) is 5.82. The van der Waals surface area contributed by atoms with Crippen LogP contribution >= 0.6 is 0 Å². The van der Waals surface area contributed by atoms with E-state index >= 15 is 0 Å². The average molecular weight is 484 g/mol. The number of imidazole rings is 1. The number of amides is 2. The van der Waals surface area contributed by atoms with Crippen LogP contribution < -0.4 is 5.73 Å². The van der Waals surface area contributed by atoms with E-state index in [2.05, 4.69) is 0 Å². The Labute approximate surface area is 206 Å². The summed E-state index contributed by atoms with van der Waals surface area (Å²) in [4.78, 5) is 21.5. The van der Waals surface area contributed by atoms with Gasteiger partial charge < -0.3 is 20.1 Å². The van der Waals surface area contributed by atoms with Gasteiger partial charge in [-0.1, -0.05) is 51.1 Å². The van der Waals surface area contributed by atoms with Crippen molar-refractivity contribution in [2.24, 2.45) is 11.1 Å². The zero-order chi connectivity index (χ0) is 25.8. The van der Waals surface area contributed by atoms with E-state index in [0.717, 1.165) is 23.8 Å². The Kier molecular flexibility index (Phi) is 8.27. The van der Waals surface area contributed by atoms with Gasteiger partial charge in [0.05, 0.1) is 11.7 Å². The molecule has 6 nitrogen and oxygen atoms in total. The molecule has 0 aliphatic heterocycles. The molecule has 2 N–H and O–H groups in total. The molecule has 0 fully saturated rings. The Hall–Kier alpha value is -3.26. The minimum atomic E-state index is -0.557. The van der Waals surface area contributed by atoms with E-state index < -0.39 is 23.1 Å². The van der Waals surface area contributed by atoms with Crippen LogP contribution in [0, 0.1) is 17.0 Å². The fraction of sp³-hybridized carbons (Fsp3) is 0.407. The van der Waals surface area contributed by atoms with Gasteiger partial charge in [0.1, 0.15) is 17.5 Å². The first-order chi connectivity index (χ1) is 16.5. The molecule has 188 valence electrons. The summed E-state index contributed by atoms with van der Waals surface area (Å²) in [5.41, 5.74) is 6.80. The number of aromatic nitrogens is 2. The van der Waals surface area contributed by atoms with E-state index in [1.54, 1.807) is 25.2 Å². The van der Waals surface area contributed by atoms with Gasteiger partial charge in [0.2, 0.25) is 0 Å². The number of hydrogen-bond acceptors (Lipinski definition) is 3. The van der Waals surface area contributed by atoms with Crippen molar-refractivity contribution >= 4 is 6.03 Å². The lowest BCUT2D eigenvalue weighted by atomic mass is 9.84. The van der Waals surface area contributed by atoms with Gasteiger partial charge in [0.15, 0.2) is 0 Å². The highest BCUT2D eigenvalue weighted by Gasteiger charge is 2.38. The Morgan fingerprint density at radius 2 is 1.80 bits per heavy atom. The predicted octanol–water partition coefficient (Wildman–Crippen LogP) is 5.30. The second kappa shape index (κ2) is 11.0. The van der Waals surface area contributed by atoms with Crippen molar-refractivity contribution in [1.29, 1.82) is 0 Å². The zero-order valence-electron chi connectivity index (χ0n) is 21.1. The number of halogens is 2. The van der Waals surface area contributed by atoms with Gasteiger partial charge in [-0.05, 0) is 42.1 Å². The molecular weight excluding hydrogens is 448 g/mol. The Morgan fingerprint density at radius 3 is 2.40 bits per heavy atom. The van der Waals surface area contributed by atoms with Crippen LogP contribution in [0.2, 0.25) is 0 Å². The molecule has 1 heterocycles. The molecule has 0 aliphatic rings. The summed E-state index contributed by atoms with van der Waals surface area (Å²) >= 11 is 0. The molecule has 0 spiro atoms. The number of benzene rings is 2. The molecule has 35 heavy (non-hydrogen) atoms. The van der Waals surface area contributed by atoms with Gasteiger partial charge in [-0.2, -0.15) is 0 Å². The molecule has 8 heteroatoms. The Balaban J connectivity index is 2.22. The maximum Gasteiger partial charge on any atom is 0.320 e.